The van der Waals surface area contributed by atoms with E-state index in [1.807, 2.05) is 0 Å². The fourth-order valence-electron chi connectivity index (χ4n) is 2.75. The SMILES string of the molecule is O=C(Nc1ccc(F)cc1)c1cccc(S(=O)(=O)[C@@H]2CCS(=O)(=O)C2)c1. The van der Waals surface area contributed by atoms with Gasteiger partial charge in [-0.2, -0.15) is 0 Å². The number of nitrogens with one attached hydrogen (secondary N) is 1. The lowest BCUT2D eigenvalue weighted by Crippen LogP contribution is -2.23. The smallest absolute Gasteiger partial charge is 0.255 e. The average Bonchev–Trinajstić information content (AvgIpc) is 2.98. The molecule has 1 heterocycles. The molecule has 138 valence electrons. The molecule has 6 nitrogen and oxygen atoms in total. The lowest BCUT2D eigenvalue weighted by atomic mass is 10.2. The van der Waals surface area contributed by atoms with Gasteiger partial charge in [0.2, 0.25) is 0 Å². The van der Waals surface area contributed by atoms with Crippen molar-refractivity contribution in [1.82, 2.24) is 0 Å². The molecule has 0 radical (unpaired) electrons. The second kappa shape index (κ2) is 6.81. The number of carbonyl (C=O) groups excluding carboxylic acids is 1. The Balaban J connectivity index is 1.83. The Hall–Kier alpha value is -2.26. The normalized spacial score (nSPS) is 19.2. The molecule has 0 spiro atoms. The first kappa shape index (κ1) is 18.5. The molecule has 0 bridgehead atoms. The maximum absolute atomic E-state index is 12.9. The van der Waals surface area contributed by atoms with Crippen molar-refractivity contribution < 1.29 is 26.0 Å². The molecule has 1 amide bonds. The van der Waals surface area contributed by atoms with Gasteiger partial charge in [-0.1, -0.05) is 6.07 Å². The first-order chi connectivity index (χ1) is 12.2. The fraction of sp³-hybridized carbons (Fsp3) is 0.235. The summed E-state index contributed by atoms with van der Waals surface area (Å²) in [5, 5.41) is 1.55. The largest absolute Gasteiger partial charge is 0.322 e. The van der Waals surface area contributed by atoms with Gasteiger partial charge in [-0.3, -0.25) is 4.79 Å². The van der Waals surface area contributed by atoms with Gasteiger partial charge in [-0.05, 0) is 48.9 Å². The standard InChI is InChI=1S/C17H16FNO5S2/c18-13-4-6-14(7-5-13)19-17(20)12-2-1-3-15(10-12)26(23,24)16-8-9-25(21,22)11-16/h1-7,10,16H,8-9,11H2,(H,19,20)/t16-/m1/s1. The molecule has 1 N–H and O–H groups in total. The number of sulfone groups is 2. The van der Waals surface area contributed by atoms with E-state index >= 15 is 0 Å². The summed E-state index contributed by atoms with van der Waals surface area (Å²) in [6.45, 7) is 0. The van der Waals surface area contributed by atoms with Gasteiger partial charge in [-0.25, -0.2) is 21.2 Å². The van der Waals surface area contributed by atoms with Gasteiger partial charge in [0.05, 0.1) is 21.7 Å². The molecule has 9 heteroatoms. The van der Waals surface area contributed by atoms with Gasteiger partial charge in [0, 0.05) is 11.3 Å². The van der Waals surface area contributed by atoms with E-state index in [0.717, 1.165) is 0 Å². The molecule has 3 rings (SSSR count). The zero-order chi connectivity index (χ0) is 18.9. The number of anilines is 1. The van der Waals surface area contributed by atoms with Crippen molar-refractivity contribution in [2.24, 2.45) is 0 Å². The van der Waals surface area contributed by atoms with Gasteiger partial charge >= 0.3 is 0 Å². The average molecular weight is 397 g/mol. The van der Waals surface area contributed by atoms with E-state index in [4.69, 9.17) is 0 Å². The second-order valence-corrected chi connectivity index (χ2v) is 10.5. The molecule has 0 unspecified atom stereocenters. The van der Waals surface area contributed by atoms with Crippen molar-refractivity contribution in [3.8, 4) is 0 Å². The Morgan fingerprint density at radius 1 is 1.12 bits per heavy atom. The molecular weight excluding hydrogens is 381 g/mol. The van der Waals surface area contributed by atoms with Crippen LogP contribution in [-0.4, -0.2) is 39.5 Å². The van der Waals surface area contributed by atoms with Gasteiger partial charge < -0.3 is 5.32 Å². The highest BCUT2D eigenvalue weighted by atomic mass is 32.2. The summed E-state index contributed by atoms with van der Waals surface area (Å²) in [6.07, 6.45) is 0.0523. The highest BCUT2D eigenvalue weighted by molar-refractivity contribution is 7.96. The predicted molar refractivity (Wildman–Crippen MR) is 95.0 cm³/mol. The summed E-state index contributed by atoms with van der Waals surface area (Å²) in [7, 11) is -7.20. The molecule has 1 aliphatic rings. The van der Waals surface area contributed by atoms with Gasteiger partial charge in [-0.15, -0.1) is 0 Å². The summed E-state index contributed by atoms with van der Waals surface area (Å²) in [4.78, 5) is 12.2. The topological polar surface area (TPSA) is 97.4 Å². The Labute approximate surface area is 150 Å². The molecule has 0 aromatic heterocycles. The third-order valence-corrected chi connectivity index (χ3v) is 8.33. The van der Waals surface area contributed by atoms with Gasteiger partial charge in [0.25, 0.3) is 5.91 Å². The Bertz CT molecular complexity index is 1050. The van der Waals surface area contributed by atoms with Crippen molar-refractivity contribution in [1.29, 1.82) is 0 Å². The predicted octanol–water partition coefficient (Wildman–Crippen LogP) is 2.04. The molecule has 1 saturated heterocycles. The molecule has 2 aromatic rings. The molecular formula is C17H16FNO5S2. The summed E-state index contributed by atoms with van der Waals surface area (Å²) in [5.41, 5.74) is 0.475. The van der Waals surface area contributed by atoms with Crippen LogP contribution in [0.15, 0.2) is 53.4 Å². The third kappa shape index (κ3) is 3.94. The quantitative estimate of drug-likeness (QED) is 0.851. The van der Waals surface area contributed by atoms with Crippen LogP contribution in [0.3, 0.4) is 0 Å². The fourth-order valence-corrected chi connectivity index (χ4v) is 7.15. The number of amides is 1. The number of rotatable bonds is 4. The van der Waals surface area contributed by atoms with Crippen molar-refractivity contribution in [3.05, 3.63) is 59.9 Å². The maximum atomic E-state index is 12.9. The minimum absolute atomic E-state index is 0.0523. The third-order valence-electron chi connectivity index (χ3n) is 4.16. The van der Waals surface area contributed by atoms with E-state index in [1.165, 1.54) is 48.5 Å². The molecule has 1 fully saturated rings. The number of halogens is 1. The van der Waals surface area contributed by atoms with E-state index in [9.17, 15) is 26.0 Å². The van der Waals surface area contributed by atoms with Crippen LogP contribution in [0.1, 0.15) is 16.8 Å². The molecule has 1 atom stereocenters. The second-order valence-electron chi connectivity index (χ2n) is 6.06. The monoisotopic (exact) mass is 397 g/mol. The van der Waals surface area contributed by atoms with Crippen molar-refractivity contribution >= 4 is 31.3 Å². The lowest BCUT2D eigenvalue weighted by Gasteiger charge is -2.11. The maximum Gasteiger partial charge on any atom is 0.255 e. The van der Waals surface area contributed by atoms with E-state index in [-0.39, 0.29) is 22.6 Å². The molecule has 0 saturated carbocycles. The van der Waals surface area contributed by atoms with Crippen molar-refractivity contribution in [2.75, 3.05) is 16.8 Å². The van der Waals surface area contributed by atoms with E-state index in [1.54, 1.807) is 0 Å². The van der Waals surface area contributed by atoms with Crippen molar-refractivity contribution in [3.63, 3.8) is 0 Å². The van der Waals surface area contributed by atoms with Crippen LogP contribution in [-0.2, 0) is 19.7 Å². The number of carbonyl (C=O) groups is 1. The van der Waals surface area contributed by atoms with Crippen LogP contribution in [0, 0.1) is 5.82 Å². The summed E-state index contributed by atoms with van der Waals surface area (Å²) >= 11 is 0. The van der Waals surface area contributed by atoms with Crippen LogP contribution in [0.25, 0.3) is 0 Å². The van der Waals surface area contributed by atoms with Crippen LogP contribution < -0.4 is 5.32 Å². The van der Waals surface area contributed by atoms with Gasteiger partial charge in [0.15, 0.2) is 19.7 Å². The van der Waals surface area contributed by atoms with Crippen LogP contribution >= 0.6 is 0 Å². The van der Waals surface area contributed by atoms with Gasteiger partial charge in [0.1, 0.15) is 5.82 Å². The van der Waals surface area contributed by atoms with E-state index < -0.39 is 42.4 Å². The zero-order valence-electron chi connectivity index (χ0n) is 13.6. The lowest BCUT2D eigenvalue weighted by molar-refractivity contribution is 0.102. The zero-order valence-corrected chi connectivity index (χ0v) is 15.2. The molecule has 0 aliphatic carbocycles. The Kier molecular flexibility index (Phi) is 4.85. The van der Waals surface area contributed by atoms with Crippen LogP contribution in [0.2, 0.25) is 0 Å². The summed E-state index contributed by atoms with van der Waals surface area (Å²) in [5.74, 6) is -1.54. The van der Waals surface area contributed by atoms with Crippen molar-refractivity contribution in [2.45, 2.75) is 16.6 Å². The first-order valence-electron chi connectivity index (χ1n) is 7.79. The molecule has 1 aliphatic heterocycles. The first-order valence-corrected chi connectivity index (χ1v) is 11.2. The van der Waals surface area contributed by atoms with Crippen LogP contribution in [0.4, 0.5) is 10.1 Å². The van der Waals surface area contributed by atoms with Crippen LogP contribution in [0.5, 0.6) is 0 Å². The summed E-state index contributed by atoms with van der Waals surface area (Å²) in [6, 6.07) is 10.6. The Morgan fingerprint density at radius 2 is 1.81 bits per heavy atom. The van der Waals surface area contributed by atoms with E-state index in [2.05, 4.69) is 5.32 Å². The summed E-state index contributed by atoms with van der Waals surface area (Å²) < 4.78 is 61.4. The minimum Gasteiger partial charge on any atom is -0.322 e. The number of hydrogen-bond acceptors (Lipinski definition) is 5. The number of hydrogen-bond donors (Lipinski definition) is 1. The molecule has 2 aromatic carbocycles. The minimum atomic E-state index is -3.85. The molecule has 26 heavy (non-hydrogen) atoms. The Morgan fingerprint density at radius 3 is 2.42 bits per heavy atom. The highest BCUT2D eigenvalue weighted by Gasteiger charge is 2.38. The van der Waals surface area contributed by atoms with E-state index in [0.29, 0.717) is 5.69 Å². The highest BCUT2D eigenvalue weighted by Crippen LogP contribution is 2.26. The number of benzene rings is 2.